The van der Waals surface area contributed by atoms with Gasteiger partial charge in [-0.15, -0.1) is 22.7 Å². The van der Waals surface area contributed by atoms with E-state index < -0.39 is 5.97 Å². The molecule has 3 heterocycles. The fraction of sp³-hybridized carbons (Fsp3) is 0.389. The summed E-state index contributed by atoms with van der Waals surface area (Å²) in [6, 6.07) is 4.04. The average Bonchev–Trinajstić information content (AvgIpc) is 3.25. The molecular formula is C18H18N2O3S2. The van der Waals surface area contributed by atoms with Crippen molar-refractivity contribution in [2.75, 3.05) is 25.1 Å². The fourth-order valence-corrected chi connectivity index (χ4v) is 5.52. The zero-order valence-corrected chi connectivity index (χ0v) is 15.5. The van der Waals surface area contributed by atoms with Gasteiger partial charge in [0.15, 0.2) is 0 Å². The van der Waals surface area contributed by atoms with Crippen molar-refractivity contribution >= 4 is 45.3 Å². The van der Waals surface area contributed by atoms with E-state index in [9.17, 15) is 9.59 Å². The quantitative estimate of drug-likeness (QED) is 0.776. The summed E-state index contributed by atoms with van der Waals surface area (Å²) in [5.74, 6) is -0.568. The Morgan fingerprint density at radius 1 is 1.36 bits per heavy atom. The van der Waals surface area contributed by atoms with Crippen molar-refractivity contribution in [1.82, 2.24) is 0 Å². The summed E-state index contributed by atoms with van der Waals surface area (Å²) in [4.78, 5) is 33.1. The second kappa shape index (κ2) is 6.72. The number of carbonyl (C=O) groups is 2. The third-order valence-corrected chi connectivity index (χ3v) is 6.77. The van der Waals surface area contributed by atoms with Gasteiger partial charge in [-0.25, -0.2) is 0 Å². The molecule has 0 bridgehead atoms. The third kappa shape index (κ3) is 2.91. The van der Waals surface area contributed by atoms with E-state index in [0.717, 1.165) is 40.4 Å². The predicted octanol–water partition coefficient (Wildman–Crippen LogP) is 3.05. The topological polar surface area (TPSA) is 59.0 Å². The number of nitrogens with zero attached hydrogens (tertiary/aromatic N) is 2. The highest BCUT2D eigenvalue weighted by Gasteiger charge is 2.33. The standard InChI is InChI=1S/C18H18N2O3S2/c1-23-15(22)10-20-14(21)9-19-17(13-7-4-8-24-13)16-11-5-2-3-6-12(11)25-18(16)20/h4,7-8H,2-3,5-6,9-10H2,1H3. The molecule has 1 aliphatic heterocycles. The highest BCUT2D eigenvalue weighted by molar-refractivity contribution is 7.17. The molecule has 0 N–H and O–H groups in total. The molecule has 5 nitrogen and oxygen atoms in total. The molecule has 130 valence electrons. The maximum Gasteiger partial charge on any atom is 0.325 e. The molecule has 0 radical (unpaired) electrons. The number of aliphatic imine (C=N–C) groups is 1. The van der Waals surface area contributed by atoms with Gasteiger partial charge in [-0.05, 0) is 42.7 Å². The van der Waals surface area contributed by atoms with Gasteiger partial charge in [0.1, 0.15) is 18.1 Å². The summed E-state index contributed by atoms with van der Waals surface area (Å²) in [5, 5.41) is 2.88. The van der Waals surface area contributed by atoms with Crippen LogP contribution in [-0.2, 0) is 27.2 Å². The molecule has 0 unspecified atom stereocenters. The largest absolute Gasteiger partial charge is 0.468 e. The van der Waals surface area contributed by atoms with Gasteiger partial charge < -0.3 is 4.74 Å². The van der Waals surface area contributed by atoms with Gasteiger partial charge in [-0.3, -0.25) is 19.5 Å². The van der Waals surface area contributed by atoms with E-state index in [1.807, 2.05) is 17.5 Å². The maximum atomic E-state index is 12.7. The number of esters is 1. The molecule has 7 heteroatoms. The van der Waals surface area contributed by atoms with Crippen LogP contribution in [0.4, 0.5) is 5.00 Å². The number of rotatable bonds is 3. The molecule has 25 heavy (non-hydrogen) atoms. The fourth-order valence-electron chi connectivity index (χ4n) is 3.38. The third-order valence-electron chi connectivity index (χ3n) is 4.58. The van der Waals surface area contributed by atoms with Crippen molar-refractivity contribution in [3.63, 3.8) is 0 Å². The van der Waals surface area contributed by atoms with Crippen LogP contribution in [0.3, 0.4) is 0 Å². The molecule has 1 aliphatic carbocycles. The second-order valence-corrected chi connectivity index (χ2v) is 8.12. The SMILES string of the molecule is COC(=O)CN1C(=O)CN=C(c2cccs2)c2c1sc1c2CCCC1. The molecule has 0 fully saturated rings. The number of fused-ring (bicyclic) bond motifs is 3. The number of ether oxygens (including phenoxy) is 1. The summed E-state index contributed by atoms with van der Waals surface area (Å²) in [5.41, 5.74) is 3.25. The molecule has 0 atom stereocenters. The molecule has 0 saturated heterocycles. The number of hydrogen-bond donors (Lipinski definition) is 0. The van der Waals surface area contributed by atoms with E-state index in [-0.39, 0.29) is 19.0 Å². The van der Waals surface area contributed by atoms with Crippen LogP contribution in [-0.4, -0.2) is 37.8 Å². The van der Waals surface area contributed by atoms with Gasteiger partial charge in [0.25, 0.3) is 0 Å². The Bertz CT molecular complexity index is 852. The minimum absolute atomic E-state index is 0.0560. The van der Waals surface area contributed by atoms with Gasteiger partial charge in [-0.2, -0.15) is 0 Å². The highest BCUT2D eigenvalue weighted by atomic mass is 32.1. The Kier molecular flexibility index (Phi) is 4.43. The predicted molar refractivity (Wildman–Crippen MR) is 100 cm³/mol. The van der Waals surface area contributed by atoms with Crippen molar-refractivity contribution in [2.45, 2.75) is 25.7 Å². The average molecular weight is 374 g/mol. The Morgan fingerprint density at radius 2 is 2.20 bits per heavy atom. The van der Waals surface area contributed by atoms with E-state index in [4.69, 9.17) is 4.74 Å². The van der Waals surface area contributed by atoms with Crippen molar-refractivity contribution in [3.05, 3.63) is 38.4 Å². The molecule has 1 amide bonds. The Labute approximate surface area is 153 Å². The zero-order valence-electron chi connectivity index (χ0n) is 13.9. The Balaban J connectivity index is 1.88. The number of carbonyl (C=O) groups excluding carboxylic acids is 2. The van der Waals surface area contributed by atoms with Gasteiger partial charge in [0.05, 0.1) is 17.7 Å². The smallest absolute Gasteiger partial charge is 0.325 e. The van der Waals surface area contributed by atoms with E-state index in [2.05, 4.69) is 4.99 Å². The first-order valence-corrected chi connectivity index (χ1v) is 9.99. The highest BCUT2D eigenvalue weighted by Crippen LogP contribution is 2.43. The van der Waals surface area contributed by atoms with Crippen molar-refractivity contribution in [3.8, 4) is 0 Å². The molecule has 2 aromatic rings. The van der Waals surface area contributed by atoms with Crippen LogP contribution >= 0.6 is 22.7 Å². The van der Waals surface area contributed by atoms with E-state index in [1.165, 1.54) is 24.0 Å². The Hall–Kier alpha value is -1.99. The minimum atomic E-state index is -0.412. The van der Waals surface area contributed by atoms with Crippen molar-refractivity contribution in [2.24, 2.45) is 4.99 Å². The normalized spacial score (nSPS) is 16.8. The van der Waals surface area contributed by atoms with Crippen LogP contribution in [0.25, 0.3) is 0 Å². The van der Waals surface area contributed by atoms with Gasteiger partial charge in [0.2, 0.25) is 5.91 Å². The lowest BCUT2D eigenvalue weighted by Crippen LogP contribution is -2.37. The number of hydrogen-bond acceptors (Lipinski definition) is 6. The van der Waals surface area contributed by atoms with Crippen LogP contribution in [0, 0.1) is 0 Å². The van der Waals surface area contributed by atoms with Gasteiger partial charge >= 0.3 is 5.97 Å². The van der Waals surface area contributed by atoms with Crippen molar-refractivity contribution < 1.29 is 14.3 Å². The van der Waals surface area contributed by atoms with E-state index in [0.29, 0.717) is 0 Å². The number of anilines is 1. The summed E-state index contributed by atoms with van der Waals surface area (Å²) >= 11 is 3.27. The Morgan fingerprint density at radius 3 is 2.96 bits per heavy atom. The molecule has 0 spiro atoms. The number of methoxy groups -OCH3 is 1. The van der Waals surface area contributed by atoms with Gasteiger partial charge in [0, 0.05) is 10.4 Å². The first kappa shape index (κ1) is 16.5. The summed E-state index contributed by atoms with van der Waals surface area (Å²) in [6.45, 7) is -0.00460. The molecule has 4 rings (SSSR count). The summed E-state index contributed by atoms with van der Waals surface area (Å²) in [6.07, 6.45) is 4.36. The first-order chi connectivity index (χ1) is 12.2. The van der Waals surface area contributed by atoms with E-state index >= 15 is 0 Å². The maximum absolute atomic E-state index is 12.7. The zero-order chi connectivity index (χ0) is 17.4. The van der Waals surface area contributed by atoms with Gasteiger partial charge in [-0.1, -0.05) is 6.07 Å². The van der Waals surface area contributed by atoms with Crippen LogP contribution in [0.5, 0.6) is 0 Å². The lowest BCUT2D eigenvalue weighted by molar-refractivity contribution is -0.139. The summed E-state index contributed by atoms with van der Waals surface area (Å²) in [7, 11) is 1.35. The van der Waals surface area contributed by atoms with Crippen LogP contribution in [0.2, 0.25) is 0 Å². The lowest BCUT2D eigenvalue weighted by Gasteiger charge is -2.19. The summed E-state index contributed by atoms with van der Waals surface area (Å²) < 4.78 is 4.79. The van der Waals surface area contributed by atoms with Crippen LogP contribution in [0.1, 0.15) is 33.7 Å². The molecule has 2 aromatic heterocycles. The monoisotopic (exact) mass is 374 g/mol. The minimum Gasteiger partial charge on any atom is -0.468 e. The van der Waals surface area contributed by atoms with Crippen LogP contribution in [0.15, 0.2) is 22.5 Å². The second-order valence-electron chi connectivity index (χ2n) is 6.09. The molecular weight excluding hydrogens is 356 g/mol. The van der Waals surface area contributed by atoms with E-state index in [1.54, 1.807) is 27.6 Å². The number of thiophene rings is 2. The first-order valence-electron chi connectivity index (χ1n) is 8.29. The molecule has 0 saturated carbocycles. The number of amides is 1. The molecule has 2 aliphatic rings. The number of aryl methyl sites for hydroxylation is 1. The lowest BCUT2D eigenvalue weighted by atomic mass is 9.93. The van der Waals surface area contributed by atoms with Crippen molar-refractivity contribution in [1.29, 1.82) is 0 Å². The van der Waals surface area contributed by atoms with Crippen LogP contribution < -0.4 is 4.90 Å². The molecule has 0 aromatic carbocycles.